The van der Waals surface area contributed by atoms with Crippen LogP contribution in [0.4, 0.5) is 0 Å². The summed E-state index contributed by atoms with van der Waals surface area (Å²) in [5, 5.41) is 0. The lowest BCUT2D eigenvalue weighted by atomic mass is 10.2. The van der Waals surface area contributed by atoms with E-state index in [1.807, 2.05) is 13.8 Å². The maximum Gasteiger partial charge on any atom is 0.253 e. The highest BCUT2D eigenvalue weighted by atomic mass is 80.0. The molecule has 38 heavy (non-hydrogen) atoms. The average Bonchev–Trinajstić information content (AvgIpc) is 2.83. The molecule has 2 rings (SSSR count). The van der Waals surface area contributed by atoms with Gasteiger partial charge in [-0.15, -0.1) is 0 Å². The maximum atomic E-state index is 12.3. The van der Waals surface area contributed by atoms with E-state index in [-0.39, 0.29) is 21.6 Å². The van der Waals surface area contributed by atoms with Crippen molar-refractivity contribution in [2.75, 3.05) is 27.2 Å². The number of alkyl halides is 6. The fourth-order valence-corrected chi connectivity index (χ4v) is 7.79. The molecule has 0 aromatic heterocycles. The number of rotatable bonds is 6. The van der Waals surface area contributed by atoms with Crippen LogP contribution in [0.15, 0.2) is 58.3 Å². The van der Waals surface area contributed by atoms with Crippen LogP contribution in [0.2, 0.25) is 0 Å². The number of carbonyl (C=O) groups is 2. The molecule has 2 aromatic carbocycles. The van der Waals surface area contributed by atoms with Crippen LogP contribution in [-0.4, -0.2) is 68.6 Å². The molecule has 2 amide bonds. The summed E-state index contributed by atoms with van der Waals surface area (Å²) in [5.41, 5.74) is 0.671. The van der Waals surface area contributed by atoms with Gasteiger partial charge < -0.3 is 9.80 Å². The summed E-state index contributed by atoms with van der Waals surface area (Å²) in [7, 11) is -4.16. The number of carbonyl (C=O) groups excluding carboxylic acids is 2. The molecule has 0 saturated carbocycles. The van der Waals surface area contributed by atoms with Gasteiger partial charge in [-0.05, 0) is 146 Å². The Kier molecular flexibility index (Phi) is 13.7. The summed E-state index contributed by atoms with van der Waals surface area (Å²) in [6.45, 7) is 4.90. The summed E-state index contributed by atoms with van der Waals surface area (Å²) in [5.74, 6) is -0.437. The third kappa shape index (κ3) is 9.08. The molecule has 0 aliphatic rings. The Hall–Kier alpha value is 0.160. The number of hydrogen-bond acceptors (Lipinski definition) is 6. The Balaban J connectivity index is 0.000000382. The molecule has 0 aliphatic carbocycles. The zero-order valence-electron chi connectivity index (χ0n) is 20.5. The van der Waals surface area contributed by atoms with E-state index >= 15 is 0 Å². The Morgan fingerprint density at radius 3 is 1.32 bits per heavy atom. The van der Waals surface area contributed by atoms with Gasteiger partial charge in [0, 0.05) is 38.3 Å². The number of benzene rings is 2. The molecule has 0 radical (unpaired) electrons. The van der Waals surface area contributed by atoms with Crippen LogP contribution in [0.5, 0.6) is 0 Å². The number of halogens is 6. The molecule has 8 nitrogen and oxygen atoms in total. The maximum absolute atomic E-state index is 12.3. The first kappa shape index (κ1) is 36.2. The van der Waals surface area contributed by atoms with E-state index in [0.29, 0.717) is 24.2 Å². The Morgan fingerprint density at radius 2 is 1.03 bits per heavy atom. The number of amides is 2. The van der Waals surface area contributed by atoms with Crippen molar-refractivity contribution >= 4 is 127 Å². The zero-order chi connectivity index (χ0) is 29.7. The first-order valence-corrected chi connectivity index (χ1v) is 18.3. The molecule has 212 valence electrons. The minimum absolute atomic E-state index is 0.0424. The lowest BCUT2D eigenvalue weighted by molar-refractivity contribution is 0.0771. The molecule has 16 heteroatoms. The van der Waals surface area contributed by atoms with Gasteiger partial charge in [-0.2, -0.15) is 0 Å². The Labute approximate surface area is 273 Å². The predicted octanol–water partition coefficient (Wildman–Crippen LogP) is 6.70. The monoisotopic (exact) mass is 950 g/mol. The fourth-order valence-electron chi connectivity index (χ4n) is 2.81. The fraction of sp³-hybridized carbons (Fsp3) is 0.364. The van der Waals surface area contributed by atoms with Gasteiger partial charge in [0.2, 0.25) is 22.6 Å². The van der Waals surface area contributed by atoms with Crippen molar-refractivity contribution in [2.24, 2.45) is 0 Å². The summed E-state index contributed by atoms with van der Waals surface area (Å²) in [6.07, 6.45) is 0. The number of nitrogens with zero attached hydrogens (tertiary/aromatic N) is 2. The van der Waals surface area contributed by atoms with Gasteiger partial charge in [-0.25, -0.2) is 16.8 Å². The standard InChI is InChI=1S/C12H14Br3NO3S.C10H10Br3NO3S/c1-3-16(4-2)11(17)9-6-5-7-10(8-9)20(18,19)12(13,14)15;1-14(2)9(15)7-4-3-5-8(6-7)18(16,17)10(11,12)13/h5-8H,3-4H2,1-2H3;3-6H,1-2H3. The number of sulfone groups is 2. The lowest BCUT2D eigenvalue weighted by Crippen LogP contribution is -2.30. The molecule has 0 heterocycles. The molecule has 0 bridgehead atoms. The first-order chi connectivity index (χ1) is 17.2. The van der Waals surface area contributed by atoms with Gasteiger partial charge >= 0.3 is 0 Å². The van der Waals surface area contributed by atoms with E-state index in [9.17, 15) is 26.4 Å². The van der Waals surface area contributed by atoms with Gasteiger partial charge in [0.15, 0.2) is 0 Å². The highest BCUT2D eigenvalue weighted by Crippen LogP contribution is 2.44. The smallest absolute Gasteiger partial charge is 0.253 e. The Bertz CT molecular complexity index is 1370. The van der Waals surface area contributed by atoms with Crippen LogP contribution >= 0.6 is 95.6 Å². The summed E-state index contributed by atoms with van der Waals surface area (Å²) in [6, 6.07) is 11.9. The van der Waals surface area contributed by atoms with Crippen molar-refractivity contribution in [3.63, 3.8) is 0 Å². The van der Waals surface area contributed by atoms with Gasteiger partial charge in [-0.1, -0.05) is 12.1 Å². The first-order valence-electron chi connectivity index (χ1n) is 10.6. The molecule has 0 N–H and O–H groups in total. The molecule has 0 aliphatic heterocycles. The van der Waals surface area contributed by atoms with E-state index in [1.165, 1.54) is 35.2 Å². The summed E-state index contributed by atoms with van der Waals surface area (Å²) in [4.78, 5) is 27.1. The van der Waals surface area contributed by atoms with Crippen molar-refractivity contribution in [1.82, 2.24) is 9.80 Å². The van der Waals surface area contributed by atoms with Crippen LogP contribution in [0, 0.1) is 0 Å². The molecular weight excluding hydrogens is 932 g/mol. The van der Waals surface area contributed by atoms with Crippen LogP contribution in [0.3, 0.4) is 0 Å². The van der Waals surface area contributed by atoms with Gasteiger partial charge in [0.05, 0.1) is 9.79 Å². The second-order valence-corrected chi connectivity index (χ2v) is 28.5. The molecule has 0 atom stereocenters. The third-order valence-electron chi connectivity index (χ3n) is 4.85. The molecular formula is C22H24Br6N2O6S2. The second kappa shape index (κ2) is 14.4. The normalized spacial score (nSPS) is 12.3. The van der Waals surface area contributed by atoms with Gasteiger partial charge in [0.1, 0.15) is 0 Å². The number of hydrogen-bond donors (Lipinski definition) is 0. The highest BCUT2D eigenvalue weighted by molar-refractivity contribution is 9.42. The third-order valence-corrected chi connectivity index (χ3v) is 15.5. The van der Waals surface area contributed by atoms with Crippen molar-refractivity contribution in [3.8, 4) is 0 Å². The molecule has 2 aromatic rings. The summed E-state index contributed by atoms with van der Waals surface area (Å²) < 4.78 is 45.9. The minimum Gasteiger partial charge on any atom is -0.345 e. The largest absolute Gasteiger partial charge is 0.345 e. The molecule has 0 saturated heterocycles. The van der Waals surface area contributed by atoms with Gasteiger partial charge in [-0.3, -0.25) is 9.59 Å². The Morgan fingerprint density at radius 1 is 0.684 bits per heavy atom. The SMILES string of the molecule is CCN(CC)C(=O)c1cccc(S(=O)(=O)C(Br)(Br)Br)c1.CN(C)C(=O)c1cccc(S(=O)(=O)C(Br)(Br)Br)c1. The van der Waals surface area contributed by atoms with E-state index in [1.54, 1.807) is 37.2 Å². The topological polar surface area (TPSA) is 109 Å². The quantitative estimate of drug-likeness (QED) is 0.299. The molecule has 0 spiro atoms. The van der Waals surface area contributed by atoms with Crippen LogP contribution in [0.1, 0.15) is 34.6 Å². The van der Waals surface area contributed by atoms with Crippen molar-refractivity contribution in [1.29, 1.82) is 0 Å². The minimum atomic E-state index is -3.69. The van der Waals surface area contributed by atoms with E-state index in [4.69, 9.17) is 0 Å². The van der Waals surface area contributed by atoms with Crippen molar-refractivity contribution in [3.05, 3.63) is 59.7 Å². The molecule has 0 unspecified atom stereocenters. The van der Waals surface area contributed by atoms with Crippen molar-refractivity contribution in [2.45, 2.75) is 26.6 Å². The average molecular weight is 956 g/mol. The zero-order valence-corrected chi connectivity index (χ0v) is 31.6. The van der Waals surface area contributed by atoms with E-state index in [0.717, 1.165) is 0 Å². The molecule has 0 fully saturated rings. The van der Waals surface area contributed by atoms with Crippen LogP contribution < -0.4 is 0 Å². The van der Waals surface area contributed by atoms with Crippen LogP contribution in [-0.2, 0) is 19.7 Å². The van der Waals surface area contributed by atoms with Gasteiger partial charge in [0.25, 0.3) is 11.8 Å². The van der Waals surface area contributed by atoms with Crippen molar-refractivity contribution < 1.29 is 26.4 Å². The highest BCUT2D eigenvalue weighted by Gasteiger charge is 2.38. The van der Waals surface area contributed by atoms with Crippen LogP contribution in [0.25, 0.3) is 0 Å². The second-order valence-electron chi connectivity index (χ2n) is 7.63. The van der Waals surface area contributed by atoms with E-state index in [2.05, 4.69) is 95.6 Å². The van der Waals surface area contributed by atoms with E-state index < -0.39 is 22.6 Å². The summed E-state index contributed by atoms with van der Waals surface area (Å²) >= 11 is 17.9. The predicted molar refractivity (Wildman–Crippen MR) is 172 cm³/mol. The lowest BCUT2D eigenvalue weighted by Gasteiger charge is -2.19.